The molecule has 1 fully saturated rings. The normalized spacial score (nSPS) is 16.7. The molecule has 0 aliphatic carbocycles. The van der Waals surface area contributed by atoms with E-state index in [0.717, 1.165) is 17.3 Å². The zero-order valence-electron chi connectivity index (χ0n) is 12.4. The lowest BCUT2D eigenvalue weighted by Gasteiger charge is -2.31. The highest BCUT2D eigenvalue weighted by Gasteiger charge is 2.26. The Morgan fingerprint density at radius 3 is 2.59 bits per heavy atom. The van der Waals surface area contributed by atoms with Gasteiger partial charge in [-0.2, -0.15) is 0 Å². The number of halogens is 1. The summed E-state index contributed by atoms with van der Waals surface area (Å²) in [6.45, 7) is 1.84. The van der Waals surface area contributed by atoms with Gasteiger partial charge in [0.05, 0.1) is 5.75 Å². The highest BCUT2D eigenvalue weighted by molar-refractivity contribution is 9.10. The van der Waals surface area contributed by atoms with Crippen LogP contribution in [0.3, 0.4) is 0 Å². The van der Waals surface area contributed by atoms with E-state index in [4.69, 9.17) is 5.73 Å². The first-order chi connectivity index (χ1) is 10.4. The minimum absolute atomic E-state index is 0.114. The molecule has 0 bridgehead atoms. The number of amides is 1. The second-order valence-corrected chi connectivity index (χ2v) is 8.70. The minimum atomic E-state index is -3.46. The van der Waals surface area contributed by atoms with Crippen LogP contribution in [0.25, 0.3) is 0 Å². The fourth-order valence-electron chi connectivity index (χ4n) is 2.63. The van der Waals surface area contributed by atoms with E-state index in [1.807, 2.05) is 6.07 Å². The van der Waals surface area contributed by atoms with Gasteiger partial charge in [-0.15, -0.1) is 0 Å². The molecule has 1 aliphatic heterocycles. The van der Waals surface area contributed by atoms with Gasteiger partial charge in [-0.1, -0.05) is 28.1 Å². The third-order valence-electron chi connectivity index (χ3n) is 3.92. The Bertz CT molecular complexity index is 625. The number of likely N-dealkylation sites (tertiary alicyclic amines) is 1. The molecular formula is C15H21BrN2O3S. The molecule has 7 heteroatoms. The van der Waals surface area contributed by atoms with Crippen molar-refractivity contribution in [1.29, 1.82) is 0 Å². The fraction of sp³-hybridized carbons (Fsp3) is 0.533. The van der Waals surface area contributed by atoms with Crippen molar-refractivity contribution in [2.75, 3.05) is 25.4 Å². The van der Waals surface area contributed by atoms with Crippen LogP contribution >= 0.6 is 15.9 Å². The fourth-order valence-corrected chi connectivity index (χ4v) is 4.42. The Labute approximate surface area is 139 Å². The van der Waals surface area contributed by atoms with Crippen LogP contribution in [0.15, 0.2) is 28.7 Å². The zero-order valence-corrected chi connectivity index (χ0v) is 14.8. The molecule has 0 aromatic heterocycles. The second-order valence-electron chi connectivity index (χ2n) is 5.72. The van der Waals surface area contributed by atoms with Gasteiger partial charge in [0.2, 0.25) is 5.91 Å². The summed E-state index contributed by atoms with van der Waals surface area (Å²) in [7, 11) is -3.46. The van der Waals surface area contributed by atoms with E-state index in [0.29, 0.717) is 31.1 Å². The number of benzene rings is 1. The summed E-state index contributed by atoms with van der Waals surface area (Å²) in [5.41, 5.74) is 6.31. The van der Waals surface area contributed by atoms with Crippen molar-refractivity contribution < 1.29 is 13.2 Å². The molecule has 122 valence electrons. The standard InChI is InChI=1S/C15H21BrN2O3S/c16-14-3-1-2-13(8-14)10-22(20,21)11-15(19)18-6-4-12(9-17)5-7-18/h1-3,8,12H,4-7,9-11,17H2. The highest BCUT2D eigenvalue weighted by Crippen LogP contribution is 2.18. The molecule has 1 aromatic rings. The van der Waals surface area contributed by atoms with Gasteiger partial charge in [0, 0.05) is 17.6 Å². The molecule has 0 atom stereocenters. The molecule has 1 heterocycles. The van der Waals surface area contributed by atoms with Gasteiger partial charge in [-0.05, 0) is 43.0 Å². The third kappa shape index (κ3) is 5.07. The Kier molecular flexibility index (Phi) is 6.00. The first kappa shape index (κ1) is 17.4. The van der Waals surface area contributed by atoms with E-state index in [9.17, 15) is 13.2 Å². The topological polar surface area (TPSA) is 80.5 Å². The van der Waals surface area contributed by atoms with Crippen molar-refractivity contribution >= 4 is 31.7 Å². The van der Waals surface area contributed by atoms with Crippen molar-refractivity contribution in [3.8, 4) is 0 Å². The van der Waals surface area contributed by atoms with Gasteiger partial charge in [-0.25, -0.2) is 8.42 Å². The molecule has 1 aliphatic rings. The average Bonchev–Trinajstić information content (AvgIpc) is 2.46. The van der Waals surface area contributed by atoms with Crippen molar-refractivity contribution in [3.63, 3.8) is 0 Å². The summed E-state index contributed by atoms with van der Waals surface area (Å²) in [4.78, 5) is 13.8. The predicted octanol–water partition coefficient (Wildman–Crippen LogP) is 1.56. The highest BCUT2D eigenvalue weighted by atomic mass is 79.9. The van der Waals surface area contributed by atoms with Crippen molar-refractivity contribution in [2.24, 2.45) is 11.7 Å². The van der Waals surface area contributed by atoms with Gasteiger partial charge < -0.3 is 10.6 Å². The van der Waals surface area contributed by atoms with E-state index in [-0.39, 0.29) is 11.7 Å². The smallest absolute Gasteiger partial charge is 0.237 e. The number of nitrogens with zero attached hydrogens (tertiary/aromatic N) is 1. The van der Waals surface area contributed by atoms with Crippen molar-refractivity contribution in [2.45, 2.75) is 18.6 Å². The van der Waals surface area contributed by atoms with Crippen LogP contribution in [-0.4, -0.2) is 44.6 Å². The summed E-state index contributed by atoms with van der Waals surface area (Å²) in [5, 5.41) is 0. The van der Waals surface area contributed by atoms with Crippen molar-refractivity contribution in [3.05, 3.63) is 34.3 Å². The second kappa shape index (κ2) is 7.57. The summed E-state index contributed by atoms with van der Waals surface area (Å²) in [6.07, 6.45) is 1.71. The van der Waals surface area contributed by atoms with E-state index < -0.39 is 15.6 Å². The van der Waals surface area contributed by atoms with Crippen LogP contribution in [0.1, 0.15) is 18.4 Å². The van der Waals surface area contributed by atoms with E-state index in [1.165, 1.54) is 0 Å². The first-order valence-corrected chi connectivity index (χ1v) is 9.94. The van der Waals surface area contributed by atoms with Gasteiger partial charge in [0.15, 0.2) is 9.84 Å². The Balaban J connectivity index is 1.92. The SMILES string of the molecule is NCC1CCN(C(=O)CS(=O)(=O)Cc2cccc(Br)c2)CC1. The lowest BCUT2D eigenvalue weighted by Crippen LogP contribution is -2.42. The maximum Gasteiger partial charge on any atom is 0.237 e. The lowest BCUT2D eigenvalue weighted by molar-refractivity contribution is -0.129. The number of hydrogen-bond donors (Lipinski definition) is 1. The molecule has 2 rings (SSSR count). The number of carbonyl (C=O) groups is 1. The maximum absolute atomic E-state index is 12.2. The largest absolute Gasteiger partial charge is 0.342 e. The first-order valence-electron chi connectivity index (χ1n) is 7.32. The van der Waals surface area contributed by atoms with E-state index in [1.54, 1.807) is 23.1 Å². The average molecular weight is 389 g/mol. The molecule has 5 nitrogen and oxygen atoms in total. The zero-order chi connectivity index (χ0) is 16.2. The van der Waals surface area contributed by atoms with Crippen LogP contribution in [-0.2, 0) is 20.4 Å². The van der Waals surface area contributed by atoms with Crippen LogP contribution in [0.5, 0.6) is 0 Å². The quantitative estimate of drug-likeness (QED) is 0.829. The number of nitrogens with two attached hydrogens (primary N) is 1. The number of piperidine rings is 1. The monoisotopic (exact) mass is 388 g/mol. The molecule has 2 N–H and O–H groups in total. The molecule has 1 amide bonds. The molecule has 22 heavy (non-hydrogen) atoms. The number of sulfone groups is 1. The van der Waals surface area contributed by atoms with Crippen LogP contribution in [0.2, 0.25) is 0 Å². The minimum Gasteiger partial charge on any atom is -0.342 e. The Morgan fingerprint density at radius 2 is 2.00 bits per heavy atom. The molecule has 0 unspecified atom stereocenters. The van der Waals surface area contributed by atoms with Gasteiger partial charge in [0.25, 0.3) is 0 Å². The lowest BCUT2D eigenvalue weighted by atomic mass is 9.97. The maximum atomic E-state index is 12.2. The predicted molar refractivity (Wildman–Crippen MR) is 90.0 cm³/mol. The summed E-state index contributed by atoms with van der Waals surface area (Å²) in [6, 6.07) is 7.13. The number of hydrogen-bond acceptors (Lipinski definition) is 4. The molecule has 1 saturated heterocycles. The van der Waals surface area contributed by atoms with E-state index >= 15 is 0 Å². The molecule has 0 saturated carbocycles. The number of rotatable bonds is 5. The van der Waals surface area contributed by atoms with Crippen molar-refractivity contribution in [1.82, 2.24) is 4.90 Å². The van der Waals surface area contributed by atoms with Crippen LogP contribution < -0.4 is 5.73 Å². The molecule has 0 spiro atoms. The van der Waals surface area contributed by atoms with E-state index in [2.05, 4.69) is 15.9 Å². The van der Waals surface area contributed by atoms with Gasteiger partial charge >= 0.3 is 0 Å². The molecule has 0 radical (unpaired) electrons. The van der Waals surface area contributed by atoms with Gasteiger partial charge in [0.1, 0.15) is 5.75 Å². The number of carbonyl (C=O) groups excluding carboxylic acids is 1. The molecule has 1 aromatic carbocycles. The van der Waals surface area contributed by atoms with Crippen LogP contribution in [0, 0.1) is 5.92 Å². The van der Waals surface area contributed by atoms with Crippen LogP contribution in [0.4, 0.5) is 0 Å². The summed E-state index contributed by atoms with van der Waals surface area (Å²) < 4.78 is 25.2. The Hall–Kier alpha value is -0.920. The van der Waals surface area contributed by atoms with Gasteiger partial charge in [-0.3, -0.25) is 4.79 Å². The Morgan fingerprint density at radius 1 is 1.32 bits per heavy atom. The molecular weight excluding hydrogens is 368 g/mol. The third-order valence-corrected chi connectivity index (χ3v) is 5.87. The summed E-state index contributed by atoms with van der Waals surface area (Å²) >= 11 is 3.32. The summed E-state index contributed by atoms with van der Waals surface area (Å²) in [5.74, 6) is -0.391.